The molecule has 16 heavy (non-hydrogen) atoms. The quantitative estimate of drug-likeness (QED) is 0.901. The van der Waals surface area contributed by atoms with Gasteiger partial charge in [0.05, 0.1) is 6.10 Å². The molecule has 0 aromatic heterocycles. The highest BCUT2D eigenvalue weighted by molar-refractivity contribution is 5.85. The molecule has 1 atom stereocenters. The molecule has 1 aromatic rings. The number of benzene rings is 1. The largest absolute Gasteiger partial charge is 0.573 e. The minimum atomic E-state index is -4.66. The summed E-state index contributed by atoms with van der Waals surface area (Å²) in [6, 6.07) is 5.44. The van der Waals surface area contributed by atoms with Crippen LogP contribution in [0.2, 0.25) is 0 Å². The molecule has 92 valence electrons. The van der Waals surface area contributed by atoms with Gasteiger partial charge in [0.1, 0.15) is 5.75 Å². The van der Waals surface area contributed by atoms with Gasteiger partial charge in [0.25, 0.3) is 0 Å². The first-order valence-electron chi connectivity index (χ1n) is 4.39. The minimum Gasteiger partial charge on any atom is -0.406 e. The van der Waals surface area contributed by atoms with E-state index in [0.29, 0.717) is 6.42 Å². The van der Waals surface area contributed by atoms with Gasteiger partial charge < -0.3 is 9.84 Å². The molecule has 0 amide bonds. The van der Waals surface area contributed by atoms with E-state index in [1.807, 2.05) is 0 Å². The third-order valence-electron chi connectivity index (χ3n) is 1.69. The lowest BCUT2D eigenvalue weighted by atomic mass is 10.1. The van der Waals surface area contributed by atoms with Crippen molar-refractivity contribution in [2.45, 2.75) is 25.8 Å². The summed E-state index contributed by atoms with van der Waals surface area (Å²) in [6.07, 6.45) is -4.77. The number of hydrogen-bond acceptors (Lipinski definition) is 2. The van der Waals surface area contributed by atoms with Crippen LogP contribution in [0, 0.1) is 0 Å². The Hall–Kier alpha value is -0.940. The smallest absolute Gasteiger partial charge is 0.406 e. The van der Waals surface area contributed by atoms with Crippen molar-refractivity contribution in [3.8, 4) is 5.75 Å². The molecule has 0 aliphatic rings. The third-order valence-corrected chi connectivity index (χ3v) is 1.69. The molecule has 0 heterocycles. The second-order valence-electron chi connectivity index (χ2n) is 3.24. The maximum absolute atomic E-state index is 11.8. The van der Waals surface area contributed by atoms with Gasteiger partial charge in [-0.25, -0.2) is 0 Å². The summed E-state index contributed by atoms with van der Waals surface area (Å²) >= 11 is 0. The van der Waals surface area contributed by atoms with Crippen LogP contribution in [-0.2, 0) is 6.42 Å². The van der Waals surface area contributed by atoms with Gasteiger partial charge in [0.15, 0.2) is 0 Å². The molecular weight excluding hydrogens is 245 g/mol. The number of halogens is 4. The predicted molar refractivity (Wildman–Crippen MR) is 55.8 cm³/mol. The monoisotopic (exact) mass is 256 g/mol. The normalized spacial score (nSPS) is 12.8. The van der Waals surface area contributed by atoms with Gasteiger partial charge in [0.2, 0.25) is 0 Å². The number of aliphatic hydroxyl groups is 1. The topological polar surface area (TPSA) is 29.5 Å². The zero-order valence-electron chi connectivity index (χ0n) is 8.49. The summed E-state index contributed by atoms with van der Waals surface area (Å²) in [7, 11) is 0. The fourth-order valence-electron chi connectivity index (χ4n) is 1.17. The molecule has 0 spiro atoms. The highest BCUT2D eigenvalue weighted by Crippen LogP contribution is 2.22. The van der Waals surface area contributed by atoms with Gasteiger partial charge in [-0.3, -0.25) is 0 Å². The van der Waals surface area contributed by atoms with E-state index in [-0.39, 0.29) is 18.2 Å². The van der Waals surface area contributed by atoms with Crippen LogP contribution in [0.1, 0.15) is 12.5 Å². The Bertz CT molecular complexity index is 309. The highest BCUT2D eigenvalue weighted by atomic mass is 35.5. The average molecular weight is 257 g/mol. The van der Waals surface area contributed by atoms with E-state index in [9.17, 15) is 13.2 Å². The van der Waals surface area contributed by atoms with Crippen LogP contribution in [0.3, 0.4) is 0 Å². The standard InChI is InChI=1S/C10H11F3O2.ClH/c1-7(14)6-8-2-4-9(5-3-8)15-10(11,12)13;/h2-5,7,14H,6H2,1H3;1H. The summed E-state index contributed by atoms with van der Waals surface area (Å²) in [6.45, 7) is 1.61. The first-order chi connectivity index (χ1) is 6.87. The van der Waals surface area contributed by atoms with Crippen molar-refractivity contribution >= 4 is 12.4 Å². The Labute approximate surface area is 97.4 Å². The lowest BCUT2D eigenvalue weighted by Gasteiger charge is -2.09. The molecule has 0 aliphatic carbocycles. The van der Waals surface area contributed by atoms with Crippen LogP contribution in [0.15, 0.2) is 24.3 Å². The average Bonchev–Trinajstić information content (AvgIpc) is 2.05. The minimum absolute atomic E-state index is 0. The lowest BCUT2D eigenvalue weighted by molar-refractivity contribution is -0.274. The van der Waals surface area contributed by atoms with Crippen molar-refractivity contribution in [3.63, 3.8) is 0 Å². The Morgan fingerprint density at radius 3 is 2.12 bits per heavy atom. The number of alkyl halides is 3. The Morgan fingerprint density at radius 2 is 1.75 bits per heavy atom. The molecule has 2 nitrogen and oxygen atoms in total. The second-order valence-corrected chi connectivity index (χ2v) is 3.24. The van der Waals surface area contributed by atoms with Crippen molar-refractivity contribution in [1.82, 2.24) is 0 Å². The second kappa shape index (κ2) is 5.96. The van der Waals surface area contributed by atoms with Crippen LogP contribution >= 0.6 is 12.4 Å². The number of aliphatic hydroxyl groups excluding tert-OH is 1. The van der Waals surface area contributed by atoms with Crippen molar-refractivity contribution in [2.75, 3.05) is 0 Å². The fourth-order valence-corrected chi connectivity index (χ4v) is 1.17. The molecule has 0 fully saturated rings. The van der Waals surface area contributed by atoms with E-state index < -0.39 is 12.5 Å². The Kier molecular flexibility index (Phi) is 5.61. The number of hydrogen-bond donors (Lipinski definition) is 1. The molecule has 0 aliphatic heterocycles. The van der Waals surface area contributed by atoms with Gasteiger partial charge in [0, 0.05) is 0 Å². The van der Waals surface area contributed by atoms with Crippen molar-refractivity contribution in [2.24, 2.45) is 0 Å². The Balaban J connectivity index is 0.00000225. The van der Waals surface area contributed by atoms with Crippen LogP contribution in [0.25, 0.3) is 0 Å². The molecule has 1 rings (SSSR count). The Morgan fingerprint density at radius 1 is 1.25 bits per heavy atom. The van der Waals surface area contributed by atoms with E-state index in [0.717, 1.165) is 5.56 Å². The van der Waals surface area contributed by atoms with Crippen LogP contribution in [0.5, 0.6) is 5.75 Å². The van der Waals surface area contributed by atoms with E-state index in [2.05, 4.69) is 4.74 Å². The van der Waals surface area contributed by atoms with Gasteiger partial charge >= 0.3 is 6.36 Å². The zero-order valence-corrected chi connectivity index (χ0v) is 9.31. The summed E-state index contributed by atoms with van der Waals surface area (Å²) < 4.78 is 39.1. The molecule has 6 heteroatoms. The molecule has 0 bridgehead atoms. The first-order valence-corrected chi connectivity index (χ1v) is 4.39. The van der Waals surface area contributed by atoms with E-state index in [1.165, 1.54) is 24.3 Å². The molecule has 0 saturated heterocycles. The van der Waals surface area contributed by atoms with Crippen molar-refractivity contribution < 1.29 is 23.0 Å². The van der Waals surface area contributed by atoms with Crippen LogP contribution < -0.4 is 4.74 Å². The summed E-state index contributed by atoms with van der Waals surface area (Å²) in [4.78, 5) is 0. The lowest BCUT2D eigenvalue weighted by Crippen LogP contribution is -2.17. The predicted octanol–water partition coefficient (Wildman–Crippen LogP) is 2.93. The van der Waals surface area contributed by atoms with Crippen LogP contribution in [0.4, 0.5) is 13.2 Å². The fraction of sp³-hybridized carbons (Fsp3) is 0.400. The number of ether oxygens (including phenoxy) is 1. The molecule has 1 unspecified atom stereocenters. The maximum atomic E-state index is 11.8. The molecular formula is C10H12ClF3O2. The zero-order chi connectivity index (χ0) is 11.5. The molecule has 0 radical (unpaired) electrons. The van der Waals surface area contributed by atoms with E-state index in [4.69, 9.17) is 5.11 Å². The van der Waals surface area contributed by atoms with Gasteiger partial charge in [-0.2, -0.15) is 0 Å². The molecule has 1 N–H and O–H groups in total. The summed E-state index contributed by atoms with van der Waals surface area (Å²) in [5, 5.41) is 9.05. The number of rotatable bonds is 3. The SMILES string of the molecule is CC(O)Cc1ccc(OC(F)(F)F)cc1.Cl. The van der Waals surface area contributed by atoms with Crippen molar-refractivity contribution in [1.29, 1.82) is 0 Å². The van der Waals surface area contributed by atoms with E-state index in [1.54, 1.807) is 6.92 Å². The first kappa shape index (κ1) is 15.1. The summed E-state index contributed by atoms with van der Waals surface area (Å²) in [5.41, 5.74) is 0.763. The third kappa shape index (κ3) is 5.82. The van der Waals surface area contributed by atoms with E-state index >= 15 is 0 Å². The van der Waals surface area contributed by atoms with Crippen molar-refractivity contribution in [3.05, 3.63) is 29.8 Å². The van der Waals surface area contributed by atoms with Gasteiger partial charge in [-0.15, -0.1) is 25.6 Å². The maximum Gasteiger partial charge on any atom is 0.573 e. The highest BCUT2D eigenvalue weighted by Gasteiger charge is 2.30. The molecule has 1 aromatic carbocycles. The van der Waals surface area contributed by atoms with Gasteiger partial charge in [-0.1, -0.05) is 12.1 Å². The van der Waals surface area contributed by atoms with Crippen LogP contribution in [-0.4, -0.2) is 17.6 Å². The van der Waals surface area contributed by atoms with Gasteiger partial charge in [-0.05, 0) is 31.0 Å². The molecule has 0 saturated carbocycles. The summed E-state index contributed by atoms with van der Waals surface area (Å²) in [5.74, 6) is -0.253.